The minimum atomic E-state index is -0.556. The van der Waals surface area contributed by atoms with Crippen LogP contribution in [-0.4, -0.2) is 48.4 Å². The van der Waals surface area contributed by atoms with Gasteiger partial charge >= 0.3 is 0 Å². The van der Waals surface area contributed by atoms with Crippen LogP contribution in [0.25, 0.3) is 0 Å². The lowest BCUT2D eigenvalue weighted by Gasteiger charge is -2.34. The summed E-state index contributed by atoms with van der Waals surface area (Å²) in [5.74, 6) is -0.814. The van der Waals surface area contributed by atoms with E-state index < -0.39 is 5.82 Å². The lowest BCUT2D eigenvalue weighted by atomic mass is 10.1. The molecule has 1 aliphatic heterocycles. The van der Waals surface area contributed by atoms with Gasteiger partial charge in [-0.3, -0.25) is 9.69 Å². The van der Waals surface area contributed by atoms with Crippen LogP contribution in [0.4, 0.5) is 4.39 Å². The van der Waals surface area contributed by atoms with Gasteiger partial charge in [-0.15, -0.1) is 0 Å². The first-order valence-electron chi connectivity index (χ1n) is 8.14. The maximum absolute atomic E-state index is 13.9. The van der Waals surface area contributed by atoms with E-state index in [1.165, 1.54) is 17.7 Å². The van der Waals surface area contributed by atoms with Crippen molar-refractivity contribution in [2.24, 2.45) is 0 Å². The summed E-state index contributed by atoms with van der Waals surface area (Å²) in [7, 11) is 0. The molecule has 0 spiro atoms. The maximum atomic E-state index is 13.9. The summed E-state index contributed by atoms with van der Waals surface area (Å²) < 4.78 is 13.9. The van der Waals surface area contributed by atoms with E-state index in [1.807, 2.05) is 18.2 Å². The van der Waals surface area contributed by atoms with Crippen LogP contribution in [0.2, 0.25) is 5.02 Å². The molecular weight excluding hydrogens is 327 g/mol. The molecule has 2 aromatic rings. The molecule has 0 unspecified atom stereocenters. The number of carbonyl (C=O) groups excluding carboxylic acids is 1. The van der Waals surface area contributed by atoms with Gasteiger partial charge in [0.05, 0.1) is 5.56 Å². The summed E-state index contributed by atoms with van der Waals surface area (Å²) in [6.45, 7) is 3.84. The van der Waals surface area contributed by atoms with Gasteiger partial charge in [0.15, 0.2) is 0 Å². The molecule has 1 heterocycles. The highest BCUT2D eigenvalue weighted by molar-refractivity contribution is 6.30. The predicted molar refractivity (Wildman–Crippen MR) is 93.9 cm³/mol. The highest BCUT2D eigenvalue weighted by atomic mass is 35.5. The van der Waals surface area contributed by atoms with Crippen LogP contribution >= 0.6 is 11.6 Å². The Morgan fingerprint density at radius 3 is 2.42 bits per heavy atom. The van der Waals surface area contributed by atoms with Crippen LogP contribution in [0.15, 0.2) is 48.5 Å². The molecule has 2 aromatic carbocycles. The Balaban J connectivity index is 1.52. The molecular formula is C19H20ClFN2O. The first-order chi connectivity index (χ1) is 11.6. The van der Waals surface area contributed by atoms with Crippen LogP contribution in [-0.2, 0) is 6.42 Å². The van der Waals surface area contributed by atoms with E-state index in [0.29, 0.717) is 18.1 Å². The van der Waals surface area contributed by atoms with Crippen LogP contribution in [0.3, 0.4) is 0 Å². The van der Waals surface area contributed by atoms with Crippen molar-refractivity contribution >= 4 is 17.5 Å². The average molecular weight is 347 g/mol. The smallest absolute Gasteiger partial charge is 0.256 e. The fraction of sp³-hybridized carbons (Fsp3) is 0.316. The van der Waals surface area contributed by atoms with Crippen LogP contribution < -0.4 is 0 Å². The molecule has 0 N–H and O–H groups in total. The molecule has 1 saturated heterocycles. The molecule has 0 aromatic heterocycles. The number of nitrogens with zero attached hydrogens (tertiary/aromatic N) is 2. The monoisotopic (exact) mass is 346 g/mol. The first-order valence-corrected chi connectivity index (χ1v) is 8.52. The van der Waals surface area contributed by atoms with Gasteiger partial charge < -0.3 is 4.90 Å². The predicted octanol–water partition coefficient (Wildman–Crippen LogP) is 3.48. The molecule has 1 amide bonds. The van der Waals surface area contributed by atoms with Crippen molar-refractivity contribution in [3.8, 4) is 0 Å². The molecule has 0 bridgehead atoms. The van der Waals surface area contributed by atoms with Crippen molar-refractivity contribution in [3.63, 3.8) is 0 Å². The van der Waals surface area contributed by atoms with Crippen molar-refractivity contribution in [3.05, 3.63) is 70.5 Å². The number of carbonyl (C=O) groups is 1. The van der Waals surface area contributed by atoms with E-state index >= 15 is 0 Å². The fourth-order valence-electron chi connectivity index (χ4n) is 2.94. The molecule has 126 valence electrons. The van der Waals surface area contributed by atoms with E-state index in [0.717, 1.165) is 26.1 Å². The number of amides is 1. The standard InChI is InChI=1S/C19H20ClFN2O/c20-16-6-7-17(18(21)14-16)19(24)23-12-10-22(11-13-23)9-8-15-4-2-1-3-5-15/h1-7,14H,8-13H2. The van der Waals surface area contributed by atoms with Crippen molar-refractivity contribution < 1.29 is 9.18 Å². The number of piperazine rings is 1. The average Bonchev–Trinajstić information content (AvgIpc) is 2.61. The Hall–Kier alpha value is -1.91. The van der Waals surface area contributed by atoms with Crippen molar-refractivity contribution in [1.29, 1.82) is 0 Å². The van der Waals surface area contributed by atoms with E-state index in [4.69, 9.17) is 11.6 Å². The number of rotatable bonds is 4. The Morgan fingerprint density at radius 1 is 1.04 bits per heavy atom. The second-order valence-corrected chi connectivity index (χ2v) is 6.43. The second-order valence-electron chi connectivity index (χ2n) is 5.99. The van der Waals surface area contributed by atoms with Gasteiger partial charge in [-0.25, -0.2) is 4.39 Å². The van der Waals surface area contributed by atoms with E-state index in [1.54, 1.807) is 11.0 Å². The summed E-state index contributed by atoms with van der Waals surface area (Å²) in [4.78, 5) is 16.5. The summed E-state index contributed by atoms with van der Waals surface area (Å²) >= 11 is 5.74. The number of hydrogen-bond acceptors (Lipinski definition) is 2. The summed E-state index contributed by atoms with van der Waals surface area (Å²) in [5, 5.41) is 0.301. The Labute approximate surface area is 146 Å². The lowest BCUT2D eigenvalue weighted by Crippen LogP contribution is -2.49. The number of hydrogen-bond donors (Lipinski definition) is 0. The number of halogens is 2. The van der Waals surface area contributed by atoms with Crippen LogP contribution in [0, 0.1) is 5.82 Å². The molecule has 0 atom stereocenters. The van der Waals surface area contributed by atoms with Crippen LogP contribution in [0.1, 0.15) is 15.9 Å². The van der Waals surface area contributed by atoms with Crippen LogP contribution in [0.5, 0.6) is 0 Å². The van der Waals surface area contributed by atoms with Crippen molar-refractivity contribution in [2.45, 2.75) is 6.42 Å². The third-order valence-electron chi connectivity index (χ3n) is 4.38. The Bertz CT molecular complexity index is 700. The van der Waals surface area contributed by atoms with Gasteiger partial charge in [0.25, 0.3) is 5.91 Å². The Kier molecular flexibility index (Phi) is 5.48. The molecule has 0 aliphatic carbocycles. The van der Waals surface area contributed by atoms with E-state index in [9.17, 15) is 9.18 Å². The molecule has 0 saturated carbocycles. The van der Waals surface area contributed by atoms with Gasteiger partial charge in [-0.2, -0.15) is 0 Å². The van der Waals surface area contributed by atoms with Gasteiger partial charge in [-0.05, 0) is 30.2 Å². The zero-order valence-electron chi connectivity index (χ0n) is 13.4. The fourth-order valence-corrected chi connectivity index (χ4v) is 3.10. The molecule has 1 aliphatic rings. The highest BCUT2D eigenvalue weighted by Crippen LogP contribution is 2.17. The van der Waals surface area contributed by atoms with E-state index in [2.05, 4.69) is 17.0 Å². The normalized spacial score (nSPS) is 15.5. The lowest BCUT2D eigenvalue weighted by molar-refractivity contribution is 0.0634. The Morgan fingerprint density at radius 2 is 1.75 bits per heavy atom. The summed E-state index contributed by atoms with van der Waals surface area (Å²) in [6, 6.07) is 14.6. The molecule has 3 rings (SSSR count). The van der Waals surface area contributed by atoms with Gasteiger partial charge in [-0.1, -0.05) is 41.9 Å². The second kappa shape index (κ2) is 7.77. The molecule has 1 fully saturated rings. The minimum absolute atomic E-state index is 0.0946. The molecule has 24 heavy (non-hydrogen) atoms. The maximum Gasteiger partial charge on any atom is 0.256 e. The van der Waals surface area contributed by atoms with Gasteiger partial charge in [0, 0.05) is 37.7 Å². The summed E-state index contributed by atoms with van der Waals surface area (Å²) in [6.07, 6.45) is 1.00. The SMILES string of the molecule is O=C(c1ccc(Cl)cc1F)N1CCN(CCc2ccccc2)CC1. The van der Waals surface area contributed by atoms with Crippen molar-refractivity contribution in [2.75, 3.05) is 32.7 Å². The first kappa shape index (κ1) is 16.9. The molecule has 0 radical (unpaired) electrons. The number of benzene rings is 2. The molecule has 5 heteroatoms. The van der Waals surface area contributed by atoms with E-state index in [-0.39, 0.29) is 11.5 Å². The minimum Gasteiger partial charge on any atom is -0.336 e. The topological polar surface area (TPSA) is 23.6 Å². The van der Waals surface area contributed by atoms with Gasteiger partial charge in [0.2, 0.25) is 0 Å². The zero-order chi connectivity index (χ0) is 16.9. The molecule has 3 nitrogen and oxygen atoms in total. The summed E-state index contributed by atoms with van der Waals surface area (Å²) in [5.41, 5.74) is 1.41. The third kappa shape index (κ3) is 4.13. The quantitative estimate of drug-likeness (QED) is 0.846. The van der Waals surface area contributed by atoms with Crippen molar-refractivity contribution in [1.82, 2.24) is 9.80 Å². The third-order valence-corrected chi connectivity index (χ3v) is 4.62. The zero-order valence-corrected chi connectivity index (χ0v) is 14.2. The van der Waals surface area contributed by atoms with Gasteiger partial charge in [0.1, 0.15) is 5.82 Å². The largest absolute Gasteiger partial charge is 0.336 e. The highest BCUT2D eigenvalue weighted by Gasteiger charge is 2.23.